The second-order valence-corrected chi connectivity index (χ2v) is 8.48. The third-order valence-corrected chi connectivity index (χ3v) is 6.30. The van der Waals surface area contributed by atoms with E-state index in [9.17, 15) is 9.59 Å². The molecule has 2 amide bonds. The van der Waals surface area contributed by atoms with E-state index in [1.807, 2.05) is 28.8 Å². The molecule has 0 spiro atoms. The molecule has 0 unspecified atom stereocenters. The minimum atomic E-state index is -0.661. The van der Waals surface area contributed by atoms with Crippen LogP contribution >= 0.6 is 0 Å². The quantitative estimate of drug-likeness (QED) is 0.645. The number of aromatic nitrogens is 2. The van der Waals surface area contributed by atoms with Gasteiger partial charge in [-0.2, -0.15) is 0 Å². The lowest BCUT2D eigenvalue weighted by Gasteiger charge is -2.20. The van der Waals surface area contributed by atoms with Gasteiger partial charge < -0.3 is 19.5 Å². The highest BCUT2D eigenvalue weighted by molar-refractivity contribution is 6.05. The van der Waals surface area contributed by atoms with Crippen molar-refractivity contribution >= 4 is 34.5 Å². The van der Waals surface area contributed by atoms with E-state index in [0.717, 1.165) is 23.9 Å². The predicted octanol–water partition coefficient (Wildman–Crippen LogP) is 2.90. The standard InChI is InChI=1S/C24H24N4O5/c29-22(25-15-7-8-20-21(12-15)33-11-10-32-20)13-19-23(30)27(14-16-4-3-9-31-16)24-26-17-5-1-2-6-18(17)28(19)24/h1-2,5-8,12,16,19H,3-4,9-11,13-14H2,(H,25,29)/t16-,19+/m0/s1. The van der Waals surface area contributed by atoms with Crippen LogP contribution in [0.3, 0.4) is 0 Å². The van der Waals surface area contributed by atoms with E-state index < -0.39 is 6.04 Å². The van der Waals surface area contributed by atoms with Crippen molar-refractivity contribution in [2.45, 2.75) is 31.4 Å². The highest BCUT2D eigenvalue weighted by Gasteiger charge is 2.42. The molecule has 3 aromatic rings. The lowest BCUT2D eigenvalue weighted by Crippen LogP contribution is -2.37. The third kappa shape index (κ3) is 3.58. The van der Waals surface area contributed by atoms with Gasteiger partial charge in [-0.3, -0.25) is 19.1 Å². The molecule has 0 aliphatic carbocycles. The van der Waals surface area contributed by atoms with Gasteiger partial charge in [0.25, 0.3) is 5.91 Å². The average molecular weight is 448 g/mol. The van der Waals surface area contributed by atoms with E-state index in [-0.39, 0.29) is 24.3 Å². The number of ether oxygens (including phenoxy) is 3. The number of carbonyl (C=O) groups is 2. The minimum absolute atomic E-state index is 0.00263. The number of para-hydroxylation sites is 2. The number of hydrogen-bond acceptors (Lipinski definition) is 6. The van der Waals surface area contributed by atoms with Crippen LogP contribution in [0.4, 0.5) is 11.6 Å². The Hall–Kier alpha value is -3.59. The molecule has 1 saturated heterocycles. The van der Waals surface area contributed by atoms with Crippen LogP contribution in [0.5, 0.6) is 11.5 Å². The van der Waals surface area contributed by atoms with Crippen molar-refractivity contribution < 1.29 is 23.8 Å². The average Bonchev–Trinajstić information content (AvgIpc) is 3.53. The van der Waals surface area contributed by atoms with Crippen molar-refractivity contribution in [3.05, 3.63) is 42.5 Å². The van der Waals surface area contributed by atoms with E-state index in [1.165, 1.54) is 0 Å². The van der Waals surface area contributed by atoms with Gasteiger partial charge in [0.2, 0.25) is 11.9 Å². The summed E-state index contributed by atoms with van der Waals surface area (Å²) in [4.78, 5) is 32.8. The van der Waals surface area contributed by atoms with E-state index in [0.29, 0.717) is 49.5 Å². The van der Waals surface area contributed by atoms with E-state index in [2.05, 4.69) is 5.32 Å². The van der Waals surface area contributed by atoms with Gasteiger partial charge in [-0.15, -0.1) is 0 Å². The fourth-order valence-corrected chi connectivity index (χ4v) is 4.77. The molecule has 0 radical (unpaired) electrons. The summed E-state index contributed by atoms with van der Waals surface area (Å²) in [7, 11) is 0. The van der Waals surface area contributed by atoms with Crippen molar-refractivity contribution in [3.8, 4) is 11.5 Å². The number of amides is 2. The predicted molar refractivity (Wildman–Crippen MR) is 121 cm³/mol. The second-order valence-electron chi connectivity index (χ2n) is 8.48. The number of hydrogen-bond donors (Lipinski definition) is 1. The summed E-state index contributed by atoms with van der Waals surface area (Å²) in [6.07, 6.45) is 1.90. The molecular weight excluding hydrogens is 424 g/mol. The van der Waals surface area contributed by atoms with Crippen LogP contribution < -0.4 is 19.7 Å². The normalized spacial score (nSPS) is 21.5. The zero-order valence-corrected chi connectivity index (χ0v) is 18.0. The Balaban J connectivity index is 1.26. The molecule has 1 fully saturated rings. The largest absolute Gasteiger partial charge is 0.486 e. The topological polar surface area (TPSA) is 94.9 Å². The highest BCUT2D eigenvalue weighted by atomic mass is 16.6. The van der Waals surface area contributed by atoms with Crippen LogP contribution in [-0.2, 0) is 14.3 Å². The summed E-state index contributed by atoms with van der Waals surface area (Å²) in [6, 6.07) is 12.3. The fourth-order valence-electron chi connectivity index (χ4n) is 4.77. The monoisotopic (exact) mass is 448 g/mol. The first-order valence-corrected chi connectivity index (χ1v) is 11.3. The molecule has 2 atom stereocenters. The van der Waals surface area contributed by atoms with Gasteiger partial charge in [-0.1, -0.05) is 12.1 Å². The fraction of sp³-hybridized carbons (Fsp3) is 0.375. The third-order valence-electron chi connectivity index (χ3n) is 6.30. The highest BCUT2D eigenvalue weighted by Crippen LogP contribution is 2.38. The maximum atomic E-state index is 13.4. The van der Waals surface area contributed by atoms with Crippen LogP contribution in [-0.4, -0.2) is 53.8 Å². The number of carbonyl (C=O) groups excluding carboxylic acids is 2. The van der Waals surface area contributed by atoms with Crippen LogP contribution in [0.1, 0.15) is 25.3 Å². The van der Waals surface area contributed by atoms with Crippen LogP contribution in [0.15, 0.2) is 42.5 Å². The van der Waals surface area contributed by atoms with Gasteiger partial charge in [0.15, 0.2) is 11.5 Å². The van der Waals surface area contributed by atoms with Gasteiger partial charge in [-0.05, 0) is 37.1 Å². The Kier molecular flexibility index (Phi) is 4.91. The number of benzene rings is 2. The summed E-state index contributed by atoms with van der Waals surface area (Å²) in [5, 5.41) is 2.89. The van der Waals surface area contributed by atoms with Crippen molar-refractivity contribution in [2.24, 2.45) is 0 Å². The lowest BCUT2D eigenvalue weighted by atomic mass is 10.1. The Labute approximate surface area is 190 Å². The van der Waals surface area contributed by atoms with Crippen molar-refractivity contribution in [3.63, 3.8) is 0 Å². The van der Waals surface area contributed by atoms with Gasteiger partial charge >= 0.3 is 0 Å². The molecular formula is C24H24N4O5. The maximum absolute atomic E-state index is 13.4. The zero-order valence-electron chi connectivity index (χ0n) is 18.0. The number of fused-ring (bicyclic) bond motifs is 4. The number of rotatable bonds is 5. The molecule has 2 aromatic carbocycles. The first kappa shape index (κ1) is 20.0. The number of nitrogens with zero attached hydrogens (tertiary/aromatic N) is 3. The second kappa shape index (κ2) is 8.08. The maximum Gasteiger partial charge on any atom is 0.253 e. The summed E-state index contributed by atoms with van der Waals surface area (Å²) in [5.41, 5.74) is 2.24. The minimum Gasteiger partial charge on any atom is -0.486 e. The summed E-state index contributed by atoms with van der Waals surface area (Å²) >= 11 is 0. The molecule has 3 aliphatic heterocycles. The van der Waals surface area contributed by atoms with Crippen LogP contribution in [0, 0.1) is 0 Å². The van der Waals surface area contributed by atoms with Gasteiger partial charge in [0.1, 0.15) is 19.3 Å². The first-order chi connectivity index (χ1) is 16.2. The Bertz CT molecular complexity index is 1230. The van der Waals surface area contributed by atoms with Crippen molar-refractivity contribution in [1.29, 1.82) is 0 Å². The summed E-state index contributed by atoms with van der Waals surface area (Å²) in [6.45, 7) is 2.14. The SMILES string of the molecule is O=C(C[C@@H]1C(=O)N(C[C@@H]2CCCO2)c2nc3ccccc3n21)Nc1ccc2c(c1)OCCO2. The van der Waals surface area contributed by atoms with E-state index in [4.69, 9.17) is 19.2 Å². The van der Waals surface area contributed by atoms with Crippen LogP contribution in [0.25, 0.3) is 11.0 Å². The van der Waals surface area contributed by atoms with Gasteiger partial charge in [0, 0.05) is 18.4 Å². The Morgan fingerprint density at radius 1 is 1.09 bits per heavy atom. The molecule has 3 aliphatic rings. The van der Waals surface area contributed by atoms with Gasteiger partial charge in [-0.25, -0.2) is 4.98 Å². The Morgan fingerprint density at radius 2 is 1.94 bits per heavy atom. The first-order valence-electron chi connectivity index (χ1n) is 11.3. The molecule has 1 aromatic heterocycles. The molecule has 9 heteroatoms. The molecule has 9 nitrogen and oxygen atoms in total. The van der Waals surface area contributed by atoms with Crippen LogP contribution in [0.2, 0.25) is 0 Å². The Morgan fingerprint density at radius 3 is 2.79 bits per heavy atom. The van der Waals surface area contributed by atoms with Crippen molar-refractivity contribution in [2.75, 3.05) is 36.6 Å². The zero-order chi connectivity index (χ0) is 22.4. The van der Waals surface area contributed by atoms with Crippen molar-refractivity contribution in [1.82, 2.24) is 9.55 Å². The molecule has 4 heterocycles. The lowest BCUT2D eigenvalue weighted by molar-refractivity contribution is -0.124. The summed E-state index contributed by atoms with van der Waals surface area (Å²) < 4.78 is 18.8. The molecule has 0 bridgehead atoms. The van der Waals surface area contributed by atoms with Gasteiger partial charge in [0.05, 0.1) is 30.1 Å². The smallest absolute Gasteiger partial charge is 0.253 e. The molecule has 6 rings (SSSR count). The summed E-state index contributed by atoms with van der Waals surface area (Å²) in [5.74, 6) is 1.45. The molecule has 33 heavy (non-hydrogen) atoms. The van der Waals surface area contributed by atoms with E-state index >= 15 is 0 Å². The number of nitrogens with one attached hydrogen (secondary N) is 1. The number of anilines is 2. The van der Waals surface area contributed by atoms with E-state index in [1.54, 1.807) is 23.1 Å². The molecule has 1 N–H and O–H groups in total. The number of imidazole rings is 1. The molecule has 0 saturated carbocycles. The molecule has 170 valence electrons.